The average molecular weight is 373 g/mol. The van der Waals surface area contributed by atoms with Crippen molar-refractivity contribution >= 4 is 11.9 Å². The molecule has 2 aliphatic rings. The molecule has 3 amide bonds. The van der Waals surface area contributed by atoms with Crippen molar-refractivity contribution in [2.45, 2.75) is 58.3 Å². The van der Waals surface area contributed by atoms with E-state index in [-0.39, 0.29) is 30.1 Å². The number of likely N-dealkylation sites (tertiary alicyclic amines) is 2. The molecule has 2 unspecified atom stereocenters. The molecule has 1 N–H and O–H groups in total. The summed E-state index contributed by atoms with van der Waals surface area (Å²) in [6.45, 7) is 8.13. The first-order chi connectivity index (χ1) is 12.9. The van der Waals surface area contributed by atoms with Crippen LogP contribution in [-0.2, 0) is 16.1 Å². The number of benzene rings is 1. The van der Waals surface area contributed by atoms with Crippen molar-refractivity contribution in [3.05, 3.63) is 35.4 Å². The van der Waals surface area contributed by atoms with Crippen molar-refractivity contribution in [2.75, 3.05) is 20.2 Å². The van der Waals surface area contributed by atoms with Crippen LogP contribution in [0.15, 0.2) is 24.3 Å². The predicted octanol–water partition coefficient (Wildman–Crippen LogP) is 2.55. The Hall–Kier alpha value is -2.08. The molecule has 0 aromatic heterocycles. The number of amides is 3. The number of ether oxygens (including phenoxy) is 1. The molecule has 2 fully saturated rings. The molecule has 1 aromatic carbocycles. The van der Waals surface area contributed by atoms with Crippen LogP contribution in [0.4, 0.5) is 4.79 Å². The first kappa shape index (κ1) is 19.7. The van der Waals surface area contributed by atoms with Crippen molar-refractivity contribution < 1.29 is 14.3 Å². The van der Waals surface area contributed by atoms with Crippen LogP contribution >= 0.6 is 0 Å². The Morgan fingerprint density at radius 2 is 1.85 bits per heavy atom. The number of piperidine rings is 1. The Labute approximate surface area is 161 Å². The molecule has 2 aliphatic heterocycles. The van der Waals surface area contributed by atoms with Crippen molar-refractivity contribution in [1.29, 1.82) is 0 Å². The molecular formula is C21H31N3O3. The van der Waals surface area contributed by atoms with Crippen molar-refractivity contribution in [3.63, 3.8) is 0 Å². The van der Waals surface area contributed by atoms with Gasteiger partial charge in [0.25, 0.3) is 5.91 Å². The van der Waals surface area contributed by atoms with Gasteiger partial charge in [-0.15, -0.1) is 0 Å². The van der Waals surface area contributed by atoms with Crippen LogP contribution in [0.25, 0.3) is 0 Å². The molecule has 0 aliphatic carbocycles. The lowest BCUT2D eigenvalue weighted by molar-refractivity contribution is -0.181. The molecule has 3 rings (SSSR count). The summed E-state index contributed by atoms with van der Waals surface area (Å²) < 4.78 is 5.43. The second kappa shape index (κ2) is 8.30. The third-order valence-corrected chi connectivity index (χ3v) is 5.81. The molecule has 2 heterocycles. The van der Waals surface area contributed by atoms with Gasteiger partial charge < -0.3 is 19.9 Å². The van der Waals surface area contributed by atoms with E-state index in [1.807, 2.05) is 35.8 Å². The molecule has 0 saturated carbocycles. The molecule has 6 nitrogen and oxygen atoms in total. The van der Waals surface area contributed by atoms with Gasteiger partial charge in [0.15, 0.2) is 6.10 Å². The third-order valence-electron chi connectivity index (χ3n) is 5.81. The van der Waals surface area contributed by atoms with Gasteiger partial charge in [0.05, 0.1) is 6.04 Å². The Morgan fingerprint density at radius 3 is 2.41 bits per heavy atom. The molecule has 2 saturated heterocycles. The minimum absolute atomic E-state index is 0.0114. The highest BCUT2D eigenvalue weighted by Crippen LogP contribution is 2.36. The largest absolute Gasteiger partial charge is 0.369 e. The Balaban J connectivity index is 1.50. The van der Waals surface area contributed by atoms with Gasteiger partial charge in [-0.05, 0) is 45.1 Å². The molecular weight excluding hydrogens is 342 g/mol. The van der Waals surface area contributed by atoms with Crippen LogP contribution < -0.4 is 5.32 Å². The van der Waals surface area contributed by atoms with E-state index < -0.39 is 0 Å². The van der Waals surface area contributed by atoms with Crippen LogP contribution in [0.2, 0.25) is 0 Å². The first-order valence-electron chi connectivity index (χ1n) is 9.85. The summed E-state index contributed by atoms with van der Waals surface area (Å²) in [6.07, 6.45) is 1.48. The van der Waals surface area contributed by atoms with Gasteiger partial charge in [-0.3, -0.25) is 4.79 Å². The highest BCUT2D eigenvalue weighted by molar-refractivity contribution is 5.88. The summed E-state index contributed by atoms with van der Waals surface area (Å²) in [5.41, 5.74) is 2.32. The minimum Gasteiger partial charge on any atom is -0.369 e. The second-order valence-corrected chi connectivity index (χ2v) is 7.95. The number of carbonyl (C=O) groups is 2. The van der Waals surface area contributed by atoms with E-state index in [0.29, 0.717) is 12.5 Å². The van der Waals surface area contributed by atoms with Gasteiger partial charge in [-0.1, -0.05) is 29.8 Å². The SMILES string of the molecule is COC1C(=O)N(C(C)C)C1C1CCN(C(=O)NCc2ccc(C)cc2)CC1. The number of hydrogen-bond donors (Lipinski definition) is 1. The monoisotopic (exact) mass is 373 g/mol. The van der Waals surface area contributed by atoms with Crippen molar-refractivity contribution in [1.82, 2.24) is 15.1 Å². The van der Waals surface area contributed by atoms with Crippen molar-refractivity contribution in [2.24, 2.45) is 5.92 Å². The maximum absolute atomic E-state index is 12.5. The summed E-state index contributed by atoms with van der Waals surface area (Å²) in [7, 11) is 1.61. The highest BCUT2D eigenvalue weighted by Gasteiger charge is 2.52. The lowest BCUT2D eigenvalue weighted by Crippen LogP contribution is -2.70. The van der Waals surface area contributed by atoms with Gasteiger partial charge in [-0.2, -0.15) is 0 Å². The number of urea groups is 1. The maximum atomic E-state index is 12.5. The Bertz CT molecular complexity index is 666. The lowest BCUT2D eigenvalue weighted by atomic mass is 9.79. The zero-order valence-electron chi connectivity index (χ0n) is 16.8. The van der Waals surface area contributed by atoms with Gasteiger partial charge in [0.1, 0.15) is 0 Å². The molecule has 6 heteroatoms. The number of β-lactam (4-membered cyclic amide) rings is 1. The molecule has 148 valence electrons. The highest BCUT2D eigenvalue weighted by atomic mass is 16.5. The third kappa shape index (κ3) is 4.10. The number of hydrogen-bond acceptors (Lipinski definition) is 3. The molecule has 0 bridgehead atoms. The van der Waals surface area contributed by atoms with E-state index in [9.17, 15) is 9.59 Å². The normalized spacial score (nSPS) is 23.5. The molecule has 0 radical (unpaired) electrons. The lowest BCUT2D eigenvalue weighted by Gasteiger charge is -2.53. The van der Waals surface area contributed by atoms with Gasteiger partial charge in [0.2, 0.25) is 0 Å². The van der Waals surface area contributed by atoms with E-state index >= 15 is 0 Å². The summed E-state index contributed by atoms with van der Waals surface area (Å²) >= 11 is 0. The number of rotatable bonds is 5. The second-order valence-electron chi connectivity index (χ2n) is 7.95. The first-order valence-corrected chi connectivity index (χ1v) is 9.85. The quantitative estimate of drug-likeness (QED) is 0.807. The van der Waals surface area contributed by atoms with E-state index in [0.717, 1.165) is 31.5 Å². The van der Waals surface area contributed by atoms with E-state index in [4.69, 9.17) is 4.74 Å². The van der Waals surface area contributed by atoms with E-state index in [2.05, 4.69) is 24.4 Å². The van der Waals surface area contributed by atoms with Crippen molar-refractivity contribution in [3.8, 4) is 0 Å². The maximum Gasteiger partial charge on any atom is 0.317 e. The van der Waals surface area contributed by atoms with Crippen LogP contribution in [0.1, 0.15) is 37.8 Å². The fourth-order valence-corrected chi connectivity index (χ4v) is 4.26. The average Bonchev–Trinajstić information content (AvgIpc) is 2.65. The fourth-order valence-electron chi connectivity index (χ4n) is 4.26. The molecule has 1 aromatic rings. The molecule has 2 atom stereocenters. The van der Waals surface area contributed by atoms with Crippen LogP contribution in [-0.4, -0.2) is 60.1 Å². The van der Waals surface area contributed by atoms with E-state index in [1.165, 1.54) is 5.56 Å². The van der Waals surface area contributed by atoms with Crippen LogP contribution in [0.3, 0.4) is 0 Å². The van der Waals surface area contributed by atoms with E-state index in [1.54, 1.807) is 7.11 Å². The van der Waals surface area contributed by atoms with Gasteiger partial charge >= 0.3 is 6.03 Å². The zero-order chi connectivity index (χ0) is 19.6. The molecule has 0 spiro atoms. The number of nitrogens with one attached hydrogen (secondary N) is 1. The number of nitrogens with zero attached hydrogens (tertiary/aromatic N) is 2. The summed E-state index contributed by atoms with van der Waals surface area (Å²) in [5, 5.41) is 3.01. The summed E-state index contributed by atoms with van der Waals surface area (Å²) in [4.78, 5) is 28.5. The predicted molar refractivity (Wildman–Crippen MR) is 104 cm³/mol. The summed E-state index contributed by atoms with van der Waals surface area (Å²) in [6, 6.07) is 8.51. The summed E-state index contributed by atoms with van der Waals surface area (Å²) in [5.74, 6) is 0.479. The van der Waals surface area contributed by atoms with Crippen LogP contribution in [0.5, 0.6) is 0 Å². The van der Waals surface area contributed by atoms with Gasteiger partial charge in [0, 0.05) is 32.8 Å². The number of aryl methyl sites for hydroxylation is 1. The van der Waals surface area contributed by atoms with Gasteiger partial charge in [-0.25, -0.2) is 4.79 Å². The fraction of sp³-hybridized carbons (Fsp3) is 0.619. The standard InChI is InChI=1S/C21H31N3O3/c1-14(2)24-18(19(27-4)20(24)25)17-9-11-23(12-10-17)21(26)22-13-16-7-5-15(3)6-8-16/h5-8,14,17-19H,9-13H2,1-4H3,(H,22,26). The van der Waals surface area contributed by atoms with Crippen LogP contribution in [0, 0.1) is 12.8 Å². The smallest absolute Gasteiger partial charge is 0.317 e. The molecule has 27 heavy (non-hydrogen) atoms. The zero-order valence-corrected chi connectivity index (χ0v) is 16.8. The topological polar surface area (TPSA) is 61.9 Å². The number of carbonyl (C=O) groups excluding carboxylic acids is 2. The number of methoxy groups -OCH3 is 1. The Kier molecular flexibility index (Phi) is 6.05. The minimum atomic E-state index is -0.320. The Morgan fingerprint density at radius 1 is 1.22 bits per heavy atom.